The number of amides is 2. The van der Waals surface area contributed by atoms with Gasteiger partial charge in [0.1, 0.15) is 11.6 Å². The highest BCUT2D eigenvalue weighted by molar-refractivity contribution is 8.00. The van der Waals surface area contributed by atoms with E-state index in [-0.39, 0.29) is 18.1 Å². The molecule has 0 radical (unpaired) electrons. The van der Waals surface area contributed by atoms with Crippen LogP contribution in [0.2, 0.25) is 0 Å². The summed E-state index contributed by atoms with van der Waals surface area (Å²) in [5, 5.41) is 2.89. The summed E-state index contributed by atoms with van der Waals surface area (Å²) in [5.74, 6) is 0.961. The molecule has 2 aromatic heterocycles. The minimum absolute atomic E-state index is 0.0265. The normalized spacial score (nSPS) is 20.4. The summed E-state index contributed by atoms with van der Waals surface area (Å²) in [6.45, 7) is 4.68. The monoisotopic (exact) mass is 520 g/mol. The van der Waals surface area contributed by atoms with E-state index in [4.69, 9.17) is 9.47 Å². The molecule has 2 fully saturated rings. The predicted octanol–water partition coefficient (Wildman–Crippen LogP) is 3.22. The van der Waals surface area contributed by atoms with E-state index in [1.165, 1.54) is 11.8 Å². The maximum absolute atomic E-state index is 12.7. The zero-order valence-corrected chi connectivity index (χ0v) is 21.4. The van der Waals surface area contributed by atoms with Crippen LogP contribution in [0.1, 0.15) is 6.42 Å². The first-order chi connectivity index (χ1) is 18.1. The van der Waals surface area contributed by atoms with Crippen molar-refractivity contribution in [3.8, 4) is 5.88 Å². The number of carbonyl (C=O) groups excluding carboxylic acids is 2. The van der Waals surface area contributed by atoms with Crippen molar-refractivity contribution in [3.63, 3.8) is 0 Å². The van der Waals surface area contributed by atoms with Crippen LogP contribution in [-0.4, -0.2) is 85.1 Å². The Morgan fingerprint density at radius 2 is 2.05 bits per heavy atom. The predicted molar refractivity (Wildman–Crippen MR) is 143 cm³/mol. The van der Waals surface area contributed by atoms with E-state index in [0.717, 1.165) is 65.6 Å². The Morgan fingerprint density at radius 1 is 1.14 bits per heavy atom. The standard InChI is InChI=1S/C26H28N6O4S/c1-35-24-6-4-19-25(29-24)21(7-8-27-19)31-10-2-9-30(11-12-31)14-18-15-32(26(34)36-18)17-3-5-22-20(13-17)28-23(33)16-37-22/h3-8,13,18H,2,9-12,14-16H2,1H3,(H,28,33). The smallest absolute Gasteiger partial charge is 0.414 e. The lowest BCUT2D eigenvalue weighted by atomic mass is 10.2. The number of cyclic esters (lactones) is 1. The van der Waals surface area contributed by atoms with Crippen molar-refractivity contribution in [3.05, 3.63) is 42.6 Å². The number of nitrogens with one attached hydrogen (secondary N) is 1. The Morgan fingerprint density at radius 3 is 2.95 bits per heavy atom. The number of rotatable bonds is 5. The molecule has 3 aromatic rings. The van der Waals surface area contributed by atoms with Gasteiger partial charge in [-0.2, -0.15) is 0 Å². The summed E-state index contributed by atoms with van der Waals surface area (Å²) in [6.07, 6.45) is 2.25. The Hall–Kier alpha value is -3.57. The Kier molecular flexibility index (Phi) is 6.47. The summed E-state index contributed by atoms with van der Waals surface area (Å²) in [5.41, 5.74) is 4.23. The fourth-order valence-electron chi connectivity index (χ4n) is 5.11. The fraction of sp³-hybridized carbons (Fsp3) is 0.385. The first-order valence-electron chi connectivity index (χ1n) is 12.4. The second-order valence-electron chi connectivity index (χ2n) is 9.33. The van der Waals surface area contributed by atoms with Gasteiger partial charge in [-0.3, -0.25) is 19.6 Å². The van der Waals surface area contributed by atoms with Crippen LogP contribution in [0.4, 0.5) is 21.9 Å². The molecule has 1 unspecified atom stereocenters. The van der Waals surface area contributed by atoms with Crippen LogP contribution >= 0.6 is 11.8 Å². The number of pyridine rings is 2. The number of hydrogen-bond donors (Lipinski definition) is 1. The van der Waals surface area contributed by atoms with E-state index in [9.17, 15) is 9.59 Å². The summed E-state index contributed by atoms with van der Waals surface area (Å²) in [4.78, 5) is 41.0. The molecule has 192 valence electrons. The van der Waals surface area contributed by atoms with Crippen molar-refractivity contribution < 1.29 is 19.1 Å². The summed E-state index contributed by atoms with van der Waals surface area (Å²) < 4.78 is 11.1. The molecular weight excluding hydrogens is 492 g/mol. The lowest BCUT2D eigenvalue weighted by molar-refractivity contribution is -0.113. The molecule has 1 atom stereocenters. The average molecular weight is 521 g/mol. The molecule has 0 saturated carbocycles. The van der Waals surface area contributed by atoms with E-state index >= 15 is 0 Å². The molecule has 1 aromatic carbocycles. The van der Waals surface area contributed by atoms with Crippen LogP contribution in [-0.2, 0) is 9.53 Å². The Balaban J connectivity index is 1.11. The lowest BCUT2D eigenvalue weighted by Crippen LogP contribution is -2.37. The summed E-state index contributed by atoms with van der Waals surface area (Å²) in [6, 6.07) is 11.5. The molecule has 2 amide bonds. The molecule has 10 nitrogen and oxygen atoms in total. The van der Waals surface area contributed by atoms with Gasteiger partial charge >= 0.3 is 6.09 Å². The van der Waals surface area contributed by atoms with E-state index in [2.05, 4.69) is 25.1 Å². The van der Waals surface area contributed by atoms with Gasteiger partial charge in [0.15, 0.2) is 0 Å². The number of anilines is 3. The molecular formula is C26H28N6O4S. The van der Waals surface area contributed by atoms with Crippen molar-refractivity contribution in [1.29, 1.82) is 0 Å². The minimum Gasteiger partial charge on any atom is -0.481 e. The van der Waals surface area contributed by atoms with Gasteiger partial charge in [-0.1, -0.05) is 0 Å². The second-order valence-corrected chi connectivity index (χ2v) is 10.3. The van der Waals surface area contributed by atoms with E-state index in [1.54, 1.807) is 12.0 Å². The summed E-state index contributed by atoms with van der Waals surface area (Å²) >= 11 is 1.50. The SMILES string of the molecule is COc1ccc2nccc(N3CCCN(CC4CN(c5ccc6c(c5)NC(=O)CS6)C(=O)O4)CC3)c2n1. The molecule has 1 N–H and O–H groups in total. The van der Waals surface area contributed by atoms with Gasteiger partial charge in [0.05, 0.1) is 36.3 Å². The van der Waals surface area contributed by atoms with Gasteiger partial charge in [-0.15, -0.1) is 11.8 Å². The van der Waals surface area contributed by atoms with Crippen molar-refractivity contribution in [1.82, 2.24) is 14.9 Å². The molecule has 0 bridgehead atoms. The number of carbonyl (C=O) groups is 2. The number of benzene rings is 1. The van der Waals surface area contributed by atoms with Crippen molar-refractivity contribution in [2.45, 2.75) is 17.4 Å². The number of fused-ring (bicyclic) bond motifs is 2. The summed E-state index contributed by atoms with van der Waals surface area (Å²) in [7, 11) is 1.62. The van der Waals surface area contributed by atoms with Gasteiger partial charge in [-0.05, 0) is 36.8 Å². The third-order valence-electron chi connectivity index (χ3n) is 6.92. The number of ether oxygens (including phenoxy) is 2. The highest BCUT2D eigenvalue weighted by Crippen LogP contribution is 2.35. The zero-order valence-electron chi connectivity index (χ0n) is 20.6. The molecule has 0 aliphatic carbocycles. The third kappa shape index (κ3) is 4.88. The molecule has 3 aliphatic rings. The largest absolute Gasteiger partial charge is 0.481 e. The molecule has 37 heavy (non-hydrogen) atoms. The van der Waals surface area contributed by atoms with E-state index in [1.807, 2.05) is 42.6 Å². The van der Waals surface area contributed by atoms with E-state index in [0.29, 0.717) is 24.7 Å². The maximum atomic E-state index is 12.7. The number of aromatic nitrogens is 2. The molecule has 3 aliphatic heterocycles. The molecule has 2 saturated heterocycles. The molecule has 0 spiro atoms. The van der Waals surface area contributed by atoms with Crippen molar-refractivity contribution in [2.75, 3.05) is 67.2 Å². The first kappa shape index (κ1) is 23.8. The molecule has 5 heterocycles. The number of thioether (sulfide) groups is 1. The number of methoxy groups -OCH3 is 1. The van der Waals surface area contributed by atoms with Gasteiger partial charge < -0.3 is 19.7 Å². The Labute approximate surface area is 218 Å². The third-order valence-corrected chi connectivity index (χ3v) is 7.99. The first-order valence-corrected chi connectivity index (χ1v) is 13.4. The minimum atomic E-state index is -0.348. The van der Waals surface area contributed by atoms with Gasteiger partial charge in [0.25, 0.3) is 0 Å². The fourth-order valence-corrected chi connectivity index (χ4v) is 5.90. The second kappa shape index (κ2) is 10.1. The highest BCUT2D eigenvalue weighted by Gasteiger charge is 2.34. The number of nitrogens with zero attached hydrogens (tertiary/aromatic N) is 5. The van der Waals surface area contributed by atoms with Crippen LogP contribution in [0.25, 0.3) is 11.0 Å². The topological polar surface area (TPSA) is 100 Å². The average Bonchev–Trinajstić information content (AvgIpc) is 3.12. The van der Waals surface area contributed by atoms with Crippen LogP contribution in [0, 0.1) is 0 Å². The highest BCUT2D eigenvalue weighted by atomic mass is 32.2. The lowest BCUT2D eigenvalue weighted by Gasteiger charge is -2.25. The van der Waals surface area contributed by atoms with Crippen LogP contribution in [0.3, 0.4) is 0 Å². The molecule has 11 heteroatoms. The number of hydrogen-bond acceptors (Lipinski definition) is 9. The van der Waals surface area contributed by atoms with Crippen molar-refractivity contribution in [2.24, 2.45) is 0 Å². The molecule has 6 rings (SSSR count). The van der Waals surface area contributed by atoms with Crippen molar-refractivity contribution >= 4 is 51.9 Å². The van der Waals surface area contributed by atoms with Gasteiger partial charge in [0.2, 0.25) is 11.8 Å². The van der Waals surface area contributed by atoms with Crippen LogP contribution in [0.5, 0.6) is 5.88 Å². The van der Waals surface area contributed by atoms with Gasteiger partial charge in [-0.25, -0.2) is 9.78 Å². The maximum Gasteiger partial charge on any atom is 0.414 e. The quantitative estimate of drug-likeness (QED) is 0.544. The van der Waals surface area contributed by atoms with Gasteiger partial charge in [0, 0.05) is 55.6 Å². The van der Waals surface area contributed by atoms with Crippen LogP contribution in [0.15, 0.2) is 47.5 Å². The van der Waals surface area contributed by atoms with E-state index < -0.39 is 0 Å². The Bertz CT molecular complexity index is 1350. The van der Waals surface area contributed by atoms with Crippen LogP contribution < -0.4 is 19.9 Å². The zero-order chi connectivity index (χ0) is 25.4.